The summed E-state index contributed by atoms with van der Waals surface area (Å²) < 4.78 is 0. The summed E-state index contributed by atoms with van der Waals surface area (Å²) in [5.74, 6) is 0.291. The molecule has 0 amide bonds. The van der Waals surface area contributed by atoms with Crippen molar-refractivity contribution in [2.75, 3.05) is 5.88 Å². The van der Waals surface area contributed by atoms with Gasteiger partial charge in [-0.25, -0.2) is 0 Å². The zero-order valence-electron chi connectivity index (χ0n) is 5.88. The third kappa shape index (κ3) is 2.95. The summed E-state index contributed by atoms with van der Waals surface area (Å²) in [6, 6.07) is 9.78. The molecule has 1 rings (SSSR count). The molecule has 0 heterocycles. The van der Waals surface area contributed by atoms with Crippen molar-refractivity contribution in [2.24, 2.45) is 0 Å². The lowest BCUT2D eigenvalue weighted by atomic mass is 10.4. The van der Waals surface area contributed by atoms with E-state index in [4.69, 9.17) is 17.0 Å². The van der Waals surface area contributed by atoms with Gasteiger partial charge >= 0.3 is 0 Å². The summed E-state index contributed by atoms with van der Waals surface area (Å²) in [4.78, 5) is 1.07. The lowest BCUT2D eigenvalue weighted by Gasteiger charge is -1.97. The van der Waals surface area contributed by atoms with Crippen LogP contribution in [0.1, 0.15) is 0 Å². The quantitative estimate of drug-likeness (QED) is 0.326. The monoisotopic (exact) mass is 185 g/mol. The van der Waals surface area contributed by atoms with E-state index in [0.717, 1.165) is 4.90 Å². The first-order valence-electron chi connectivity index (χ1n) is 3.19. The van der Waals surface area contributed by atoms with Crippen LogP contribution in [-0.4, -0.2) is 10.9 Å². The SMILES string of the molecule is N=C(CCl)Sc1ccccc1. The summed E-state index contributed by atoms with van der Waals surface area (Å²) in [6.07, 6.45) is 0. The Kier molecular flexibility index (Phi) is 3.46. The van der Waals surface area contributed by atoms with E-state index in [0.29, 0.717) is 10.9 Å². The number of nitrogens with one attached hydrogen (secondary N) is 1. The molecule has 0 aliphatic carbocycles. The molecule has 0 radical (unpaired) electrons. The Morgan fingerprint density at radius 2 is 2.00 bits per heavy atom. The minimum atomic E-state index is 0.291. The Balaban J connectivity index is 2.58. The van der Waals surface area contributed by atoms with Gasteiger partial charge in [-0.15, -0.1) is 11.6 Å². The molecule has 0 aliphatic rings. The molecule has 1 aromatic carbocycles. The van der Waals surface area contributed by atoms with Gasteiger partial charge in [-0.05, 0) is 12.1 Å². The zero-order valence-corrected chi connectivity index (χ0v) is 7.45. The molecular weight excluding hydrogens is 178 g/mol. The van der Waals surface area contributed by atoms with Crippen molar-refractivity contribution in [1.29, 1.82) is 5.41 Å². The summed E-state index contributed by atoms with van der Waals surface area (Å²) >= 11 is 6.85. The molecular formula is C8H8ClNS. The number of halogens is 1. The van der Waals surface area contributed by atoms with Crippen LogP contribution in [0.4, 0.5) is 0 Å². The molecule has 1 nitrogen and oxygen atoms in total. The molecule has 3 heteroatoms. The van der Waals surface area contributed by atoms with E-state index in [1.54, 1.807) is 0 Å². The normalized spacial score (nSPS) is 9.55. The Bertz CT molecular complexity index is 235. The van der Waals surface area contributed by atoms with E-state index in [9.17, 15) is 0 Å². The van der Waals surface area contributed by atoms with Crippen molar-refractivity contribution in [3.05, 3.63) is 30.3 Å². The highest BCUT2D eigenvalue weighted by atomic mass is 35.5. The molecule has 0 saturated heterocycles. The lowest BCUT2D eigenvalue weighted by Crippen LogP contribution is -1.89. The molecule has 0 saturated carbocycles. The minimum Gasteiger partial charge on any atom is -0.297 e. The molecule has 0 aromatic heterocycles. The maximum absolute atomic E-state index is 7.31. The van der Waals surface area contributed by atoms with Crippen LogP contribution in [0.15, 0.2) is 35.2 Å². The average molecular weight is 186 g/mol. The Morgan fingerprint density at radius 1 is 1.36 bits per heavy atom. The van der Waals surface area contributed by atoms with Gasteiger partial charge in [0.1, 0.15) is 0 Å². The average Bonchev–Trinajstić information content (AvgIpc) is 2.06. The van der Waals surface area contributed by atoms with Crippen molar-refractivity contribution in [3.8, 4) is 0 Å². The predicted octanol–water partition coefficient (Wildman–Crippen LogP) is 2.99. The first kappa shape index (κ1) is 8.62. The van der Waals surface area contributed by atoms with Gasteiger partial charge in [0.05, 0.1) is 10.9 Å². The van der Waals surface area contributed by atoms with Gasteiger partial charge in [0.15, 0.2) is 0 Å². The van der Waals surface area contributed by atoms with Gasteiger partial charge in [-0.3, -0.25) is 5.41 Å². The first-order chi connectivity index (χ1) is 5.33. The maximum atomic E-state index is 7.31. The fourth-order valence-electron chi connectivity index (χ4n) is 0.658. The second kappa shape index (κ2) is 4.42. The smallest absolute Gasteiger partial charge is 0.0837 e. The molecule has 58 valence electrons. The largest absolute Gasteiger partial charge is 0.297 e. The van der Waals surface area contributed by atoms with E-state index in [1.165, 1.54) is 11.8 Å². The summed E-state index contributed by atoms with van der Waals surface area (Å²) in [7, 11) is 0. The fourth-order valence-corrected chi connectivity index (χ4v) is 1.45. The van der Waals surface area contributed by atoms with Gasteiger partial charge in [0.2, 0.25) is 0 Å². The third-order valence-corrected chi connectivity index (χ3v) is 2.43. The van der Waals surface area contributed by atoms with E-state index < -0.39 is 0 Å². The third-order valence-electron chi connectivity index (χ3n) is 1.11. The molecule has 0 bridgehead atoms. The van der Waals surface area contributed by atoms with Gasteiger partial charge in [-0.2, -0.15) is 0 Å². The fraction of sp³-hybridized carbons (Fsp3) is 0.125. The standard InChI is InChI=1S/C8H8ClNS/c9-6-8(10)11-7-4-2-1-3-5-7/h1-5,10H,6H2. The summed E-state index contributed by atoms with van der Waals surface area (Å²) in [5.41, 5.74) is 0. The predicted molar refractivity (Wildman–Crippen MR) is 50.7 cm³/mol. The van der Waals surface area contributed by atoms with Crippen molar-refractivity contribution < 1.29 is 0 Å². The minimum absolute atomic E-state index is 0.291. The number of rotatable bonds is 2. The van der Waals surface area contributed by atoms with Crippen LogP contribution in [0.3, 0.4) is 0 Å². The number of hydrogen-bond acceptors (Lipinski definition) is 2. The molecule has 0 fully saturated rings. The summed E-state index contributed by atoms with van der Waals surface area (Å²) in [6.45, 7) is 0. The van der Waals surface area contributed by atoms with E-state index in [-0.39, 0.29) is 0 Å². The van der Waals surface area contributed by atoms with E-state index in [2.05, 4.69) is 0 Å². The van der Waals surface area contributed by atoms with Crippen LogP contribution >= 0.6 is 23.4 Å². The van der Waals surface area contributed by atoms with Crippen LogP contribution < -0.4 is 0 Å². The second-order valence-corrected chi connectivity index (χ2v) is 3.41. The molecule has 0 aliphatic heterocycles. The number of alkyl halides is 1. The van der Waals surface area contributed by atoms with Gasteiger partial charge < -0.3 is 0 Å². The Hall–Kier alpha value is -0.470. The van der Waals surface area contributed by atoms with Gasteiger partial charge in [0, 0.05) is 4.90 Å². The van der Waals surface area contributed by atoms with Crippen LogP contribution in [0, 0.1) is 5.41 Å². The van der Waals surface area contributed by atoms with Gasteiger partial charge in [-0.1, -0.05) is 30.0 Å². The Labute approximate surface area is 75.3 Å². The zero-order chi connectivity index (χ0) is 8.10. The molecule has 0 atom stereocenters. The lowest BCUT2D eigenvalue weighted by molar-refractivity contribution is 1.46. The number of thioether (sulfide) groups is 1. The van der Waals surface area contributed by atoms with E-state index >= 15 is 0 Å². The summed E-state index contributed by atoms with van der Waals surface area (Å²) in [5, 5.41) is 7.79. The van der Waals surface area contributed by atoms with Crippen LogP contribution in [-0.2, 0) is 0 Å². The first-order valence-corrected chi connectivity index (χ1v) is 4.54. The highest BCUT2D eigenvalue weighted by Gasteiger charge is 1.96. The molecule has 1 aromatic rings. The van der Waals surface area contributed by atoms with Crippen LogP contribution in [0.25, 0.3) is 0 Å². The number of benzene rings is 1. The number of hydrogen-bond donors (Lipinski definition) is 1. The van der Waals surface area contributed by atoms with E-state index in [1.807, 2.05) is 30.3 Å². The molecule has 0 spiro atoms. The maximum Gasteiger partial charge on any atom is 0.0837 e. The van der Waals surface area contributed by atoms with Gasteiger partial charge in [0.25, 0.3) is 0 Å². The van der Waals surface area contributed by atoms with Crippen LogP contribution in [0.2, 0.25) is 0 Å². The Morgan fingerprint density at radius 3 is 2.55 bits per heavy atom. The molecule has 1 N–H and O–H groups in total. The van der Waals surface area contributed by atoms with Crippen molar-refractivity contribution in [3.63, 3.8) is 0 Å². The highest BCUT2D eigenvalue weighted by molar-refractivity contribution is 8.14. The molecule has 11 heavy (non-hydrogen) atoms. The van der Waals surface area contributed by atoms with Crippen molar-refractivity contribution >= 4 is 28.4 Å². The second-order valence-electron chi connectivity index (χ2n) is 1.97. The van der Waals surface area contributed by atoms with Crippen molar-refractivity contribution in [1.82, 2.24) is 0 Å². The highest BCUT2D eigenvalue weighted by Crippen LogP contribution is 2.18. The topological polar surface area (TPSA) is 23.9 Å². The molecule has 0 unspecified atom stereocenters. The van der Waals surface area contributed by atoms with Crippen molar-refractivity contribution in [2.45, 2.75) is 4.90 Å². The van der Waals surface area contributed by atoms with Crippen LogP contribution in [0.5, 0.6) is 0 Å².